The summed E-state index contributed by atoms with van der Waals surface area (Å²) < 4.78 is 5.31. The number of aliphatic carboxylic acids is 1. The maximum Gasteiger partial charge on any atom is 0.410 e. The SMILES string of the molecule is C=C(C)CC1(C(=O)O)CCN(C(=O)OC(C)(C)C)CC1. The highest BCUT2D eigenvalue weighted by Gasteiger charge is 2.42. The van der Waals surface area contributed by atoms with Crippen LogP contribution in [0.25, 0.3) is 0 Å². The van der Waals surface area contributed by atoms with Gasteiger partial charge in [0.05, 0.1) is 5.41 Å². The minimum atomic E-state index is -0.802. The maximum atomic E-state index is 12.0. The number of hydrogen-bond acceptors (Lipinski definition) is 3. The summed E-state index contributed by atoms with van der Waals surface area (Å²) in [5.74, 6) is -0.802. The van der Waals surface area contributed by atoms with E-state index >= 15 is 0 Å². The second-order valence-electron chi connectivity index (χ2n) is 6.69. The highest BCUT2D eigenvalue weighted by atomic mass is 16.6. The lowest BCUT2D eigenvalue weighted by Crippen LogP contribution is -2.48. The van der Waals surface area contributed by atoms with Gasteiger partial charge in [0.25, 0.3) is 0 Å². The fraction of sp³-hybridized carbons (Fsp3) is 0.733. The number of nitrogens with zero attached hydrogens (tertiary/aromatic N) is 1. The van der Waals surface area contributed by atoms with E-state index in [4.69, 9.17) is 4.74 Å². The molecule has 5 nitrogen and oxygen atoms in total. The Morgan fingerprint density at radius 1 is 1.30 bits per heavy atom. The van der Waals surface area contributed by atoms with E-state index < -0.39 is 17.0 Å². The number of rotatable bonds is 3. The molecule has 114 valence electrons. The number of likely N-dealkylation sites (tertiary alicyclic amines) is 1. The third kappa shape index (κ3) is 4.25. The van der Waals surface area contributed by atoms with E-state index in [1.54, 1.807) is 4.90 Å². The number of carboxylic acids is 1. The van der Waals surface area contributed by atoms with Crippen molar-refractivity contribution in [1.29, 1.82) is 0 Å². The lowest BCUT2D eigenvalue weighted by Gasteiger charge is -2.39. The molecule has 1 aliphatic heterocycles. The fourth-order valence-electron chi connectivity index (χ4n) is 2.49. The molecule has 1 saturated heterocycles. The van der Waals surface area contributed by atoms with Crippen molar-refractivity contribution >= 4 is 12.1 Å². The summed E-state index contributed by atoms with van der Waals surface area (Å²) in [6, 6.07) is 0. The average Bonchev–Trinajstić information content (AvgIpc) is 2.26. The molecule has 1 aliphatic rings. The molecular weight excluding hydrogens is 258 g/mol. The minimum absolute atomic E-state index is 0.369. The van der Waals surface area contributed by atoms with E-state index in [2.05, 4.69) is 6.58 Å². The summed E-state index contributed by atoms with van der Waals surface area (Å²) in [4.78, 5) is 25.1. The standard InChI is InChI=1S/C15H25NO4/c1-11(2)10-15(12(17)18)6-8-16(9-7-15)13(19)20-14(3,4)5/h1,6-10H2,2-5H3,(H,17,18). The summed E-state index contributed by atoms with van der Waals surface area (Å²) >= 11 is 0. The maximum absolute atomic E-state index is 12.0. The molecule has 0 aromatic carbocycles. The fourth-order valence-corrected chi connectivity index (χ4v) is 2.49. The minimum Gasteiger partial charge on any atom is -0.481 e. The van der Waals surface area contributed by atoms with Gasteiger partial charge in [0.1, 0.15) is 5.60 Å². The molecule has 0 bridgehead atoms. The largest absolute Gasteiger partial charge is 0.481 e. The number of carbonyl (C=O) groups excluding carboxylic acids is 1. The van der Waals surface area contributed by atoms with Gasteiger partial charge in [0.15, 0.2) is 0 Å². The van der Waals surface area contributed by atoms with E-state index in [1.165, 1.54) is 0 Å². The lowest BCUT2D eigenvalue weighted by atomic mass is 9.74. The molecule has 5 heteroatoms. The average molecular weight is 283 g/mol. The monoisotopic (exact) mass is 283 g/mol. The van der Waals surface area contributed by atoms with Crippen LogP contribution in [0.15, 0.2) is 12.2 Å². The molecule has 1 N–H and O–H groups in total. The van der Waals surface area contributed by atoms with Crippen LogP contribution in [-0.2, 0) is 9.53 Å². The smallest absolute Gasteiger partial charge is 0.410 e. The number of amides is 1. The zero-order valence-corrected chi connectivity index (χ0v) is 12.9. The van der Waals surface area contributed by atoms with Gasteiger partial charge >= 0.3 is 12.1 Å². The van der Waals surface area contributed by atoms with Crippen molar-refractivity contribution in [3.63, 3.8) is 0 Å². The van der Waals surface area contributed by atoms with E-state index in [1.807, 2.05) is 27.7 Å². The van der Waals surface area contributed by atoms with Crippen LogP contribution in [0.4, 0.5) is 4.79 Å². The quantitative estimate of drug-likeness (QED) is 0.808. The predicted octanol–water partition coefficient (Wildman–Crippen LogP) is 3.05. The van der Waals surface area contributed by atoms with Crippen molar-refractivity contribution in [2.45, 2.75) is 52.6 Å². The first-order valence-corrected chi connectivity index (χ1v) is 6.91. The number of allylic oxidation sites excluding steroid dienone is 1. The predicted molar refractivity (Wildman–Crippen MR) is 76.5 cm³/mol. The van der Waals surface area contributed by atoms with Gasteiger partial charge in [0.2, 0.25) is 0 Å². The van der Waals surface area contributed by atoms with Crippen molar-refractivity contribution in [3.05, 3.63) is 12.2 Å². The van der Waals surface area contributed by atoms with E-state index in [0.717, 1.165) is 5.57 Å². The van der Waals surface area contributed by atoms with Gasteiger partial charge in [-0.2, -0.15) is 0 Å². The molecule has 0 spiro atoms. The number of piperidine rings is 1. The number of hydrogen-bond donors (Lipinski definition) is 1. The van der Waals surface area contributed by atoms with Gasteiger partial charge in [-0.15, -0.1) is 6.58 Å². The van der Waals surface area contributed by atoms with Gasteiger partial charge < -0.3 is 14.7 Å². The third-order valence-electron chi connectivity index (χ3n) is 3.47. The van der Waals surface area contributed by atoms with E-state index in [-0.39, 0.29) is 6.09 Å². The number of carbonyl (C=O) groups is 2. The van der Waals surface area contributed by atoms with Crippen LogP contribution >= 0.6 is 0 Å². The first-order valence-electron chi connectivity index (χ1n) is 6.91. The molecule has 0 aromatic rings. The molecule has 0 saturated carbocycles. The van der Waals surface area contributed by atoms with Crippen molar-refractivity contribution in [2.24, 2.45) is 5.41 Å². The molecule has 0 aromatic heterocycles. The third-order valence-corrected chi connectivity index (χ3v) is 3.47. The Morgan fingerprint density at radius 3 is 2.15 bits per heavy atom. The highest BCUT2D eigenvalue weighted by molar-refractivity contribution is 5.76. The normalized spacial score (nSPS) is 18.5. The van der Waals surface area contributed by atoms with Crippen molar-refractivity contribution in [3.8, 4) is 0 Å². The summed E-state index contributed by atoms with van der Waals surface area (Å²) in [6.07, 6.45) is 0.972. The van der Waals surface area contributed by atoms with E-state index in [0.29, 0.717) is 32.4 Å². The van der Waals surface area contributed by atoms with Crippen molar-refractivity contribution in [2.75, 3.05) is 13.1 Å². The molecule has 0 aliphatic carbocycles. The van der Waals surface area contributed by atoms with E-state index in [9.17, 15) is 14.7 Å². The molecular formula is C15H25NO4. The lowest BCUT2D eigenvalue weighted by molar-refractivity contribution is -0.152. The Kier molecular flexibility index (Phi) is 4.84. The van der Waals surface area contributed by atoms with Crippen LogP contribution < -0.4 is 0 Å². The van der Waals surface area contributed by atoms with Crippen LogP contribution in [0.2, 0.25) is 0 Å². The summed E-state index contributed by atoms with van der Waals surface area (Å²) in [7, 11) is 0. The number of carboxylic acid groups (broad SMARTS) is 1. The topological polar surface area (TPSA) is 66.8 Å². The van der Waals surface area contributed by atoms with Gasteiger partial charge in [-0.1, -0.05) is 5.57 Å². The van der Waals surface area contributed by atoms with Crippen LogP contribution in [0, 0.1) is 5.41 Å². The van der Waals surface area contributed by atoms with Crippen molar-refractivity contribution in [1.82, 2.24) is 4.90 Å². The van der Waals surface area contributed by atoms with Gasteiger partial charge in [-0.05, 0) is 47.0 Å². The van der Waals surface area contributed by atoms with Crippen molar-refractivity contribution < 1.29 is 19.4 Å². The van der Waals surface area contributed by atoms with Crippen LogP contribution in [0.3, 0.4) is 0 Å². The molecule has 0 atom stereocenters. The van der Waals surface area contributed by atoms with Gasteiger partial charge in [-0.3, -0.25) is 4.79 Å². The number of ether oxygens (including phenoxy) is 1. The second-order valence-corrected chi connectivity index (χ2v) is 6.69. The van der Waals surface area contributed by atoms with Crippen LogP contribution in [-0.4, -0.2) is 40.8 Å². The first-order chi connectivity index (χ1) is 9.06. The highest BCUT2D eigenvalue weighted by Crippen LogP contribution is 2.37. The molecule has 1 rings (SSSR count). The first kappa shape index (κ1) is 16.5. The molecule has 1 amide bonds. The Balaban J connectivity index is 2.67. The summed E-state index contributed by atoms with van der Waals surface area (Å²) in [5, 5.41) is 9.47. The molecule has 20 heavy (non-hydrogen) atoms. The zero-order chi connectivity index (χ0) is 15.6. The Labute approximate surface area is 120 Å². The zero-order valence-electron chi connectivity index (χ0n) is 12.9. The van der Waals surface area contributed by atoms with Gasteiger partial charge in [0, 0.05) is 13.1 Å². The molecule has 1 heterocycles. The molecule has 0 radical (unpaired) electrons. The second kappa shape index (κ2) is 5.85. The summed E-state index contributed by atoms with van der Waals surface area (Å²) in [5.41, 5.74) is -0.460. The van der Waals surface area contributed by atoms with Crippen LogP contribution in [0.1, 0.15) is 47.0 Å². The van der Waals surface area contributed by atoms with Gasteiger partial charge in [-0.25, -0.2) is 4.79 Å². The Morgan fingerprint density at radius 2 is 1.80 bits per heavy atom. The Bertz CT molecular complexity index is 401. The molecule has 1 fully saturated rings. The Hall–Kier alpha value is -1.52. The summed E-state index contributed by atoms with van der Waals surface area (Å²) in [6.45, 7) is 11.9. The van der Waals surface area contributed by atoms with Crippen LogP contribution in [0.5, 0.6) is 0 Å². The molecule has 0 unspecified atom stereocenters.